The smallest absolute Gasteiger partial charge is 0.127 e. The molecule has 1 aromatic rings. The summed E-state index contributed by atoms with van der Waals surface area (Å²) < 4.78 is 14.7. The van der Waals surface area contributed by atoms with E-state index in [1.54, 1.807) is 0 Å². The molecule has 0 aliphatic carbocycles. The zero-order chi connectivity index (χ0) is 14.1. The summed E-state index contributed by atoms with van der Waals surface area (Å²) in [5.74, 6) is 5.57. The fourth-order valence-corrected chi connectivity index (χ4v) is 3.60. The number of hydrogen-bond donors (Lipinski definition) is 2. The molecule has 3 heterocycles. The van der Waals surface area contributed by atoms with Gasteiger partial charge in [-0.3, -0.25) is 21.1 Å². The maximum absolute atomic E-state index is 14.0. The Morgan fingerprint density at radius 1 is 1.35 bits per heavy atom. The van der Waals surface area contributed by atoms with Crippen LogP contribution in [0.25, 0.3) is 0 Å². The first-order chi connectivity index (χ1) is 9.67. The van der Waals surface area contributed by atoms with E-state index in [9.17, 15) is 4.39 Å². The molecule has 3 aliphatic rings. The van der Waals surface area contributed by atoms with Gasteiger partial charge in [-0.15, -0.1) is 0 Å². The molecular weight excluding hydrogens is 323 g/mol. The van der Waals surface area contributed by atoms with Crippen molar-refractivity contribution in [3.63, 3.8) is 0 Å². The second-order valence-electron chi connectivity index (χ2n) is 5.62. The Kier molecular flexibility index (Phi) is 4.37. The molecule has 0 radical (unpaired) electrons. The van der Waals surface area contributed by atoms with Crippen LogP contribution in [0.15, 0.2) is 22.7 Å². The minimum Gasteiger partial charge on any atom is -0.299 e. The topological polar surface area (TPSA) is 44.5 Å². The average molecular weight is 343 g/mol. The lowest BCUT2D eigenvalue weighted by Gasteiger charge is -2.50. The van der Waals surface area contributed by atoms with Crippen LogP contribution in [0.4, 0.5) is 4.39 Å². The van der Waals surface area contributed by atoms with Crippen molar-refractivity contribution in [2.24, 2.45) is 5.84 Å². The lowest BCUT2D eigenvalue weighted by atomic mass is 9.94. The van der Waals surface area contributed by atoms with Crippen LogP contribution in [0.1, 0.15) is 5.56 Å². The van der Waals surface area contributed by atoms with E-state index in [4.69, 9.17) is 5.84 Å². The number of nitrogens with one attached hydrogen (secondary N) is 1. The molecule has 2 atom stereocenters. The van der Waals surface area contributed by atoms with Gasteiger partial charge in [0.15, 0.2) is 0 Å². The summed E-state index contributed by atoms with van der Waals surface area (Å²) in [4.78, 5) is 4.94. The maximum atomic E-state index is 14.0. The quantitative estimate of drug-likeness (QED) is 0.632. The summed E-state index contributed by atoms with van der Waals surface area (Å²) in [6.45, 7) is 5.48. The maximum Gasteiger partial charge on any atom is 0.127 e. The minimum atomic E-state index is -0.170. The molecule has 20 heavy (non-hydrogen) atoms. The zero-order valence-electron chi connectivity index (χ0n) is 11.4. The molecule has 0 spiro atoms. The Morgan fingerprint density at radius 2 is 2.10 bits per heavy atom. The first kappa shape index (κ1) is 14.4. The van der Waals surface area contributed by atoms with E-state index in [0.717, 1.165) is 37.2 Å². The third-order valence-electron chi connectivity index (χ3n) is 4.45. The van der Waals surface area contributed by atoms with Crippen LogP contribution in [0.2, 0.25) is 0 Å². The molecule has 2 unspecified atom stereocenters. The summed E-state index contributed by atoms with van der Waals surface area (Å²) in [6.07, 6.45) is 0.616. The number of nitrogens with zero attached hydrogens (tertiary/aromatic N) is 2. The van der Waals surface area contributed by atoms with Crippen molar-refractivity contribution in [3.8, 4) is 0 Å². The fourth-order valence-electron chi connectivity index (χ4n) is 3.27. The van der Waals surface area contributed by atoms with Crippen LogP contribution in [0.3, 0.4) is 0 Å². The van der Waals surface area contributed by atoms with Crippen LogP contribution in [0, 0.1) is 5.82 Å². The van der Waals surface area contributed by atoms with Gasteiger partial charge in [0.25, 0.3) is 0 Å². The highest BCUT2D eigenvalue weighted by molar-refractivity contribution is 9.10. The van der Waals surface area contributed by atoms with Crippen molar-refractivity contribution in [2.75, 3.05) is 32.7 Å². The summed E-state index contributed by atoms with van der Waals surface area (Å²) in [7, 11) is 0. The van der Waals surface area contributed by atoms with E-state index >= 15 is 0 Å². The molecule has 110 valence electrons. The van der Waals surface area contributed by atoms with E-state index in [1.165, 1.54) is 6.07 Å². The zero-order valence-corrected chi connectivity index (χ0v) is 12.9. The molecule has 3 saturated heterocycles. The van der Waals surface area contributed by atoms with Crippen molar-refractivity contribution < 1.29 is 4.39 Å². The summed E-state index contributed by atoms with van der Waals surface area (Å²) in [5.41, 5.74) is 3.62. The van der Waals surface area contributed by atoms with Crippen molar-refractivity contribution >= 4 is 15.9 Å². The van der Waals surface area contributed by atoms with Crippen LogP contribution in [-0.4, -0.2) is 54.6 Å². The highest BCUT2D eigenvalue weighted by atomic mass is 79.9. The van der Waals surface area contributed by atoms with Gasteiger partial charge < -0.3 is 0 Å². The molecule has 2 bridgehead atoms. The van der Waals surface area contributed by atoms with Gasteiger partial charge >= 0.3 is 0 Å². The molecule has 0 aromatic heterocycles. The van der Waals surface area contributed by atoms with Crippen molar-refractivity contribution in [3.05, 3.63) is 34.1 Å². The van der Waals surface area contributed by atoms with Gasteiger partial charge in [-0.25, -0.2) is 4.39 Å². The van der Waals surface area contributed by atoms with E-state index in [2.05, 4.69) is 31.2 Å². The first-order valence-corrected chi connectivity index (χ1v) is 7.83. The minimum absolute atomic E-state index is 0.0776. The predicted octanol–water partition coefficient (Wildman–Crippen LogP) is 0.962. The van der Waals surface area contributed by atoms with Crippen LogP contribution in [0.5, 0.6) is 0 Å². The van der Waals surface area contributed by atoms with Crippen molar-refractivity contribution in [1.82, 2.24) is 15.2 Å². The van der Waals surface area contributed by atoms with Gasteiger partial charge in [0.05, 0.1) is 0 Å². The second-order valence-corrected chi connectivity index (χ2v) is 6.53. The number of hydrogen-bond acceptors (Lipinski definition) is 4. The van der Waals surface area contributed by atoms with Gasteiger partial charge in [0.2, 0.25) is 0 Å². The van der Waals surface area contributed by atoms with Gasteiger partial charge in [0, 0.05) is 49.3 Å². The molecule has 0 amide bonds. The van der Waals surface area contributed by atoms with Crippen LogP contribution < -0.4 is 11.3 Å². The second kappa shape index (κ2) is 6.07. The fraction of sp³-hybridized carbons (Fsp3) is 0.571. The van der Waals surface area contributed by atoms with Crippen molar-refractivity contribution in [1.29, 1.82) is 0 Å². The molecule has 4 nitrogen and oxygen atoms in total. The highest BCUT2D eigenvalue weighted by Crippen LogP contribution is 2.22. The third-order valence-corrected chi connectivity index (χ3v) is 4.95. The Morgan fingerprint density at radius 3 is 2.65 bits per heavy atom. The Bertz CT molecular complexity index is 476. The lowest BCUT2D eigenvalue weighted by molar-refractivity contribution is -0.00325. The largest absolute Gasteiger partial charge is 0.299 e. The number of fused-ring (bicyclic) bond motifs is 3. The Labute approximate surface area is 127 Å². The molecule has 3 fully saturated rings. The SMILES string of the molecule is NNC(Cc1ccc(Br)cc1F)C1CN2CCN1CC2. The number of piperazine rings is 3. The summed E-state index contributed by atoms with van der Waals surface area (Å²) in [5, 5.41) is 0. The van der Waals surface area contributed by atoms with Gasteiger partial charge in [-0.2, -0.15) is 0 Å². The van der Waals surface area contributed by atoms with E-state index in [-0.39, 0.29) is 11.9 Å². The van der Waals surface area contributed by atoms with Gasteiger partial charge in [0.1, 0.15) is 5.82 Å². The lowest BCUT2D eigenvalue weighted by Crippen LogP contribution is -2.67. The average Bonchev–Trinajstić information content (AvgIpc) is 2.48. The molecule has 4 rings (SSSR count). The van der Waals surface area contributed by atoms with Gasteiger partial charge in [-0.05, 0) is 24.1 Å². The Hall–Kier alpha value is -0.530. The van der Waals surface area contributed by atoms with Crippen LogP contribution >= 0.6 is 15.9 Å². The highest BCUT2D eigenvalue weighted by Gasteiger charge is 2.36. The molecule has 3 N–H and O–H groups in total. The number of rotatable bonds is 4. The van der Waals surface area contributed by atoms with E-state index in [1.807, 2.05) is 12.1 Å². The Balaban J connectivity index is 1.73. The number of hydrazine groups is 1. The molecular formula is C14H20BrFN4. The number of nitrogens with two attached hydrogens (primary N) is 1. The standard InChI is InChI=1S/C14H20BrFN4/c15-11-2-1-10(12(16)8-11)7-13(18-17)14-9-19-3-5-20(14)6-4-19/h1-2,8,13-14,18H,3-7,9,17H2. The van der Waals surface area contributed by atoms with Crippen molar-refractivity contribution in [2.45, 2.75) is 18.5 Å². The molecule has 3 aliphatic heterocycles. The summed E-state index contributed by atoms with van der Waals surface area (Å²) >= 11 is 3.29. The summed E-state index contributed by atoms with van der Waals surface area (Å²) in [6, 6.07) is 5.67. The normalized spacial score (nSPS) is 30.4. The molecule has 0 saturated carbocycles. The molecule has 6 heteroatoms. The number of benzene rings is 1. The molecule has 1 aromatic carbocycles. The number of halogens is 2. The first-order valence-electron chi connectivity index (χ1n) is 7.04. The van der Waals surface area contributed by atoms with Crippen LogP contribution in [-0.2, 0) is 6.42 Å². The predicted molar refractivity (Wildman–Crippen MR) is 80.7 cm³/mol. The van der Waals surface area contributed by atoms with Gasteiger partial charge in [-0.1, -0.05) is 22.0 Å². The monoisotopic (exact) mass is 342 g/mol. The van der Waals surface area contributed by atoms with E-state index in [0.29, 0.717) is 18.0 Å². The third kappa shape index (κ3) is 2.89. The van der Waals surface area contributed by atoms with E-state index < -0.39 is 0 Å².